The van der Waals surface area contributed by atoms with Crippen molar-refractivity contribution in [3.8, 4) is 56.4 Å². The summed E-state index contributed by atoms with van der Waals surface area (Å²) >= 11 is 0. The van der Waals surface area contributed by atoms with Gasteiger partial charge in [-0.2, -0.15) is 0 Å². The average molecular weight is 680 g/mol. The highest BCUT2D eigenvalue weighted by Gasteiger charge is 2.28. The van der Waals surface area contributed by atoms with Crippen LogP contribution in [0.3, 0.4) is 0 Å². The fourth-order valence-corrected chi connectivity index (χ4v) is 7.64. The van der Waals surface area contributed by atoms with Crippen LogP contribution in [-0.2, 0) is 0 Å². The van der Waals surface area contributed by atoms with E-state index in [1.165, 1.54) is 33.0 Å². The molecule has 2 heterocycles. The SMILES string of the molecule is C1=Cc2oc3cccc(-c4nc(-c5ccccc5)nc(-c5ccc(-c6ccc(-c7ccccc7)cc6)cc5)n4)c3c2C(c2ccc3ccccc3c2)C1. The molecule has 4 heteroatoms. The fraction of sp³-hybridized carbons (Fsp3) is 0.0408. The summed E-state index contributed by atoms with van der Waals surface area (Å²) in [4.78, 5) is 15.4. The standard InChI is InChI=1S/C49H33N3O/c1-3-11-32(12-4-1)34-21-23-35(24-22-34)36-25-28-38(29-26-36)48-50-47(37-14-5-2-6-15-37)51-49(52-48)42-18-10-20-44-46(42)45-41(17-9-19-43(45)53-44)40-30-27-33-13-7-8-16-39(33)31-40/h1-16,18-31,41H,17H2. The van der Waals surface area contributed by atoms with E-state index in [1.807, 2.05) is 48.5 Å². The summed E-state index contributed by atoms with van der Waals surface area (Å²) in [5.41, 5.74) is 10.8. The number of rotatable bonds is 6. The topological polar surface area (TPSA) is 51.8 Å². The van der Waals surface area contributed by atoms with Crippen molar-refractivity contribution in [3.63, 3.8) is 0 Å². The maximum absolute atomic E-state index is 6.55. The summed E-state index contributed by atoms with van der Waals surface area (Å²) in [5, 5.41) is 3.52. The molecule has 250 valence electrons. The van der Waals surface area contributed by atoms with Gasteiger partial charge in [-0.05, 0) is 57.2 Å². The number of aromatic nitrogens is 3. The van der Waals surface area contributed by atoms with Crippen molar-refractivity contribution in [3.05, 3.63) is 193 Å². The molecule has 1 unspecified atom stereocenters. The van der Waals surface area contributed by atoms with E-state index in [2.05, 4.69) is 133 Å². The van der Waals surface area contributed by atoms with E-state index in [9.17, 15) is 0 Å². The predicted molar refractivity (Wildman–Crippen MR) is 216 cm³/mol. The number of hydrogen-bond donors (Lipinski definition) is 0. The number of benzene rings is 7. The Morgan fingerprint density at radius 3 is 1.68 bits per heavy atom. The highest BCUT2D eigenvalue weighted by atomic mass is 16.3. The first kappa shape index (κ1) is 30.9. The molecule has 0 saturated heterocycles. The lowest BCUT2D eigenvalue weighted by atomic mass is 9.82. The molecule has 0 radical (unpaired) electrons. The maximum Gasteiger partial charge on any atom is 0.164 e. The summed E-state index contributed by atoms with van der Waals surface area (Å²) in [6, 6.07) is 59.4. The number of hydrogen-bond acceptors (Lipinski definition) is 4. The highest BCUT2D eigenvalue weighted by Crippen LogP contribution is 2.45. The minimum absolute atomic E-state index is 0.131. The first-order chi connectivity index (χ1) is 26.2. The van der Waals surface area contributed by atoms with Crippen molar-refractivity contribution in [2.24, 2.45) is 0 Å². The first-order valence-corrected chi connectivity index (χ1v) is 18.0. The van der Waals surface area contributed by atoms with Crippen molar-refractivity contribution in [1.82, 2.24) is 15.0 Å². The molecule has 0 spiro atoms. The second kappa shape index (κ2) is 13.0. The highest BCUT2D eigenvalue weighted by molar-refractivity contribution is 5.98. The van der Waals surface area contributed by atoms with Crippen LogP contribution in [0.15, 0.2) is 180 Å². The molecule has 0 amide bonds. The Hall–Kier alpha value is -6.91. The third-order valence-electron chi connectivity index (χ3n) is 10.3. The summed E-state index contributed by atoms with van der Waals surface area (Å²) < 4.78 is 6.55. The molecule has 1 aliphatic carbocycles. The Balaban J connectivity index is 1.08. The summed E-state index contributed by atoms with van der Waals surface area (Å²) in [5.74, 6) is 2.90. The third kappa shape index (κ3) is 5.71. The zero-order valence-electron chi connectivity index (χ0n) is 28.9. The van der Waals surface area contributed by atoms with Gasteiger partial charge in [0.25, 0.3) is 0 Å². The quantitative estimate of drug-likeness (QED) is 0.175. The van der Waals surface area contributed by atoms with Gasteiger partial charge < -0.3 is 4.42 Å². The molecule has 0 aliphatic heterocycles. The van der Waals surface area contributed by atoms with Crippen molar-refractivity contribution >= 4 is 27.8 Å². The Kier molecular flexibility index (Phi) is 7.58. The molecule has 0 N–H and O–H groups in total. The van der Waals surface area contributed by atoms with Gasteiger partial charge >= 0.3 is 0 Å². The molecule has 10 rings (SSSR count). The van der Waals surface area contributed by atoms with E-state index in [0.717, 1.165) is 51.0 Å². The minimum atomic E-state index is 0.131. The maximum atomic E-state index is 6.55. The van der Waals surface area contributed by atoms with Crippen LogP contribution >= 0.6 is 0 Å². The predicted octanol–water partition coefficient (Wildman–Crippen LogP) is 12.7. The molecule has 4 nitrogen and oxygen atoms in total. The molecule has 0 bridgehead atoms. The van der Waals surface area contributed by atoms with E-state index >= 15 is 0 Å². The molecule has 0 saturated carbocycles. The van der Waals surface area contributed by atoms with Crippen molar-refractivity contribution in [1.29, 1.82) is 0 Å². The van der Waals surface area contributed by atoms with Crippen LogP contribution in [0.2, 0.25) is 0 Å². The Bertz CT molecular complexity index is 2780. The lowest BCUT2D eigenvalue weighted by Crippen LogP contribution is -2.05. The summed E-state index contributed by atoms with van der Waals surface area (Å²) in [7, 11) is 0. The smallest absolute Gasteiger partial charge is 0.164 e. The van der Waals surface area contributed by atoms with Gasteiger partial charge in [0.05, 0.1) is 0 Å². The van der Waals surface area contributed by atoms with Crippen molar-refractivity contribution in [2.45, 2.75) is 12.3 Å². The molecule has 1 aliphatic rings. The zero-order chi connectivity index (χ0) is 35.1. The van der Waals surface area contributed by atoms with E-state index in [0.29, 0.717) is 17.5 Å². The summed E-state index contributed by atoms with van der Waals surface area (Å²) in [6.45, 7) is 0. The first-order valence-electron chi connectivity index (χ1n) is 18.0. The number of fused-ring (bicyclic) bond motifs is 4. The largest absolute Gasteiger partial charge is 0.456 e. The average Bonchev–Trinajstić information content (AvgIpc) is 3.63. The Morgan fingerprint density at radius 2 is 1.00 bits per heavy atom. The Labute approximate surface area is 307 Å². The molecular weight excluding hydrogens is 647 g/mol. The van der Waals surface area contributed by atoms with Crippen LogP contribution in [0, 0.1) is 0 Å². The molecule has 0 fully saturated rings. The van der Waals surface area contributed by atoms with Gasteiger partial charge in [0, 0.05) is 33.6 Å². The van der Waals surface area contributed by atoms with Crippen LogP contribution in [0.5, 0.6) is 0 Å². The normalized spacial score (nSPS) is 13.7. The van der Waals surface area contributed by atoms with Crippen LogP contribution in [0.25, 0.3) is 84.2 Å². The lowest BCUT2D eigenvalue weighted by molar-refractivity contribution is 0.590. The molecule has 1 atom stereocenters. The van der Waals surface area contributed by atoms with Crippen LogP contribution in [0.1, 0.15) is 29.2 Å². The van der Waals surface area contributed by atoms with Crippen LogP contribution < -0.4 is 0 Å². The number of nitrogens with zero attached hydrogens (tertiary/aromatic N) is 3. The van der Waals surface area contributed by atoms with Crippen molar-refractivity contribution < 1.29 is 4.42 Å². The van der Waals surface area contributed by atoms with Crippen molar-refractivity contribution in [2.75, 3.05) is 0 Å². The lowest BCUT2D eigenvalue weighted by Gasteiger charge is -2.20. The monoisotopic (exact) mass is 679 g/mol. The van der Waals surface area contributed by atoms with Gasteiger partial charge in [0.1, 0.15) is 11.3 Å². The molecule has 9 aromatic rings. The molecular formula is C49H33N3O. The fourth-order valence-electron chi connectivity index (χ4n) is 7.64. The van der Waals surface area contributed by atoms with Gasteiger partial charge in [0.2, 0.25) is 0 Å². The Morgan fingerprint density at radius 1 is 0.453 bits per heavy atom. The van der Waals surface area contributed by atoms with Gasteiger partial charge in [0.15, 0.2) is 17.5 Å². The minimum Gasteiger partial charge on any atom is -0.456 e. The second-order valence-corrected chi connectivity index (χ2v) is 13.5. The molecule has 2 aromatic heterocycles. The number of allylic oxidation sites excluding steroid dienone is 1. The van der Waals surface area contributed by atoms with Gasteiger partial charge in [-0.25, -0.2) is 15.0 Å². The van der Waals surface area contributed by atoms with E-state index in [1.54, 1.807) is 0 Å². The zero-order valence-corrected chi connectivity index (χ0v) is 28.9. The van der Waals surface area contributed by atoms with Crippen LogP contribution in [0.4, 0.5) is 0 Å². The molecule has 7 aromatic carbocycles. The van der Waals surface area contributed by atoms with Gasteiger partial charge in [-0.1, -0.05) is 170 Å². The number of furan rings is 1. The molecule has 53 heavy (non-hydrogen) atoms. The van der Waals surface area contributed by atoms with Crippen LogP contribution in [-0.4, -0.2) is 15.0 Å². The summed E-state index contributed by atoms with van der Waals surface area (Å²) in [6.07, 6.45) is 5.22. The van der Waals surface area contributed by atoms with E-state index in [4.69, 9.17) is 19.4 Å². The van der Waals surface area contributed by atoms with E-state index < -0.39 is 0 Å². The second-order valence-electron chi connectivity index (χ2n) is 13.5. The third-order valence-corrected chi connectivity index (χ3v) is 10.3. The van der Waals surface area contributed by atoms with Gasteiger partial charge in [-0.15, -0.1) is 0 Å². The van der Waals surface area contributed by atoms with E-state index in [-0.39, 0.29) is 5.92 Å². The van der Waals surface area contributed by atoms with Gasteiger partial charge in [-0.3, -0.25) is 0 Å².